The van der Waals surface area contributed by atoms with E-state index in [4.69, 9.17) is 23.2 Å². The average molecular weight is 377 g/mol. The number of hydrogen-bond acceptors (Lipinski definition) is 0. The molecule has 3 aromatic carbocycles. The minimum atomic E-state index is 0.748. The molecule has 0 spiro atoms. The second kappa shape index (κ2) is 5.94. The van der Waals surface area contributed by atoms with Gasteiger partial charge in [0.05, 0.1) is 0 Å². The van der Waals surface area contributed by atoms with E-state index in [1.807, 2.05) is 36.4 Å². The molecule has 4 heteroatoms. The van der Waals surface area contributed by atoms with E-state index in [0.717, 1.165) is 54.4 Å². The Morgan fingerprint density at radius 3 is 1.35 bits per heavy atom. The Morgan fingerprint density at radius 1 is 0.500 bits per heavy atom. The number of hydrogen-bond donors (Lipinski definition) is 2. The van der Waals surface area contributed by atoms with Crippen LogP contribution in [0.15, 0.2) is 72.8 Å². The summed E-state index contributed by atoms with van der Waals surface area (Å²) in [4.78, 5) is 6.89. The predicted octanol–water partition coefficient (Wildman–Crippen LogP) is 7.29. The molecule has 0 saturated heterocycles. The van der Waals surface area contributed by atoms with Gasteiger partial charge in [0.1, 0.15) is 0 Å². The van der Waals surface area contributed by atoms with Crippen molar-refractivity contribution in [1.82, 2.24) is 9.97 Å². The Balaban J connectivity index is 1.52. The lowest BCUT2D eigenvalue weighted by Gasteiger charge is -2.01. The second-order valence-corrected chi connectivity index (χ2v) is 7.28. The minimum Gasteiger partial charge on any atom is -0.355 e. The Hall–Kier alpha value is -2.68. The summed E-state index contributed by atoms with van der Waals surface area (Å²) < 4.78 is 0. The lowest BCUT2D eigenvalue weighted by atomic mass is 10.1. The number of rotatable bonds is 2. The van der Waals surface area contributed by atoms with Crippen molar-refractivity contribution in [1.29, 1.82) is 0 Å². The molecule has 0 saturated carbocycles. The number of aromatic nitrogens is 2. The number of aromatic amines is 2. The van der Waals surface area contributed by atoms with Gasteiger partial charge in [-0.05, 0) is 59.7 Å². The lowest BCUT2D eigenvalue weighted by molar-refractivity contribution is 1.43. The Labute approximate surface area is 160 Å². The molecule has 2 N–H and O–H groups in total. The normalized spacial score (nSPS) is 11.5. The van der Waals surface area contributed by atoms with E-state index in [2.05, 4.69) is 46.4 Å². The van der Waals surface area contributed by atoms with Gasteiger partial charge in [0, 0.05) is 43.2 Å². The molecular formula is C22H14Cl2N2. The molecule has 0 aliphatic rings. The number of fused-ring (bicyclic) bond motifs is 2. The average Bonchev–Trinajstić information content (AvgIpc) is 3.25. The van der Waals surface area contributed by atoms with Gasteiger partial charge in [-0.3, -0.25) is 0 Å². The molecule has 26 heavy (non-hydrogen) atoms. The van der Waals surface area contributed by atoms with Gasteiger partial charge in [-0.25, -0.2) is 0 Å². The third-order valence-corrected chi connectivity index (χ3v) is 5.14. The smallest absolute Gasteiger partial charge is 0.0464 e. The Morgan fingerprint density at radius 2 is 0.923 bits per heavy atom. The highest BCUT2D eigenvalue weighted by molar-refractivity contribution is 6.31. The summed E-state index contributed by atoms with van der Waals surface area (Å²) in [7, 11) is 0. The molecule has 0 unspecified atom stereocenters. The van der Waals surface area contributed by atoms with Crippen molar-refractivity contribution in [3.8, 4) is 22.5 Å². The van der Waals surface area contributed by atoms with E-state index in [9.17, 15) is 0 Å². The topological polar surface area (TPSA) is 31.6 Å². The highest BCUT2D eigenvalue weighted by atomic mass is 35.5. The van der Waals surface area contributed by atoms with Crippen molar-refractivity contribution in [3.05, 3.63) is 82.8 Å². The van der Waals surface area contributed by atoms with Crippen molar-refractivity contribution in [3.63, 3.8) is 0 Å². The number of benzene rings is 3. The molecule has 0 radical (unpaired) electrons. The van der Waals surface area contributed by atoms with Crippen LogP contribution in [0.2, 0.25) is 10.0 Å². The molecule has 0 amide bonds. The minimum absolute atomic E-state index is 0.748. The molecule has 2 nitrogen and oxygen atoms in total. The van der Waals surface area contributed by atoms with Crippen LogP contribution < -0.4 is 0 Å². The number of H-pyrrole nitrogens is 2. The first-order valence-electron chi connectivity index (χ1n) is 8.33. The van der Waals surface area contributed by atoms with Crippen molar-refractivity contribution >= 4 is 45.0 Å². The van der Waals surface area contributed by atoms with E-state index in [1.54, 1.807) is 0 Å². The van der Waals surface area contributed by atoms with Crippen LogP contribution in [0.4, 0.5) is 0 Å². The zero-order valence-corrected chi connectivity index (χ0v) is 15.2. The maximum Gasteiger partial charge on any atom is 0.0464 e. The highest BCUT2D eigenvalue weighted by Gasteiger charge is 2.07. The Kier molecular flexibility index (Phi) is 3.56. The molecule has 0 aliphatic heterocycles. The van der Waals surface area contributed by atoms with Crippen molar-refractivity contribution in [2.75, 3.05) is 0 Å². The molecule has 2 aromatic heterocycles. The van der Waals surface area contributed by atoms with Crippen molar-refractivity contribution < 1.29 is 0 Å². The monoisotopic (exact) mass is 376 g/mol. The van der Waals surface area contributed by atoms with Gasteiger partial charge in [-0.2, -0.15) is 0 Å². The highest BCUT2D eigenvalue weighted by Crippen LogP contribution is 2.30. The van der Waals surface area contributed by atoms with E-state index < -0.39 is 0 Å². The maximum atomic E-state index is 6.08. The van der Waals surface area contributed by atoms with Gasteiger partial charge in [0.25, 0.3) is 0 Å². The summed E-state index contributed by atoms with van der Waals surface area (Å²) in [6.07, 6.45) is 0. The first-order valence-corrected chi connectivity index (χ1v) is 9.09. The first-order chi connectivity index (χ1) is 12.7. The van der Waals surface area contributed by atoms with E-state index in [-0.39, 0.29) is 0 Å². The van der Waals surface area contributed by atoms with Crippen molar-refractivity contribution in [2.24, 2.45) is 0 Å². The van der Waals surface area contributed by atoms with Crippen LogP contribution in [0.1, 0.15) is 0 Å². The first kappa shape index (κ1) is 15.6. The zero-order valence-electron chi connectivity index (χ0n) is 13.7. The molecule has 126 valence electrons. The summed E-state index contributed by atoms with van der Waals surface area (Å²) in [5, 5.41) is 3.72. The summed E-state index contributed by atoms with van der Waals surface area (Å²) in [5.41, 5.74) is 6.61. The largest absolute Gasteiger partial charge is 0.355 e. The van der Waals surface area contributed by atoms with Crippen molar-refractivity contribution in [2.45, 2.75) is 0 Å². The maximum absolute atomic E-state index is 6.08. The van der Waals surface area contributed by atoms with E-state index in [0.29, 0.717) is 0 Å². The van der Waals surface area contributed by atoms with Crippen LogP contribution in [0.25, 0.3) is 44.3 Å². The summed E-state index contributed by atoms with van der Waals surface area (Å²) >= 11 is 12.2. The summed E-state index contributed by atoms with van der Waals surface area (Å²) in [5.74, 6) is 0. The van der Waals surface area contributed by atoms with Gasteiger partial charge in [-0.15, -0.1) is 0 Å². The molecular weight excluding hydrogens is 363 g/mol. The van der Waals surface area contributed by atoms with Crippen LogP contribution in [0, 0.1) is 0 Å². The SMILES string of the molecule is Clc1ccc2[nH]c(-c3ccc(-c4cc5cc(Cl)ccc5[nH]4)cc3)cc2c1. The molecule has 2 heterocycles. The fraction of sp³-hybridized carbons (Fsp3) is 0. The van der Waals surface area contributed by atoms with Crippen LogP contribution in [0.3, 0.4) is 0 Å². The molecule has 0 aliphatic carbocycles. The standard InChI is InChI=1S/C22H14Cl2N2/c23-17-5-7-19-15(9-17)11-21(25-19)13-1-2-14(4-3-13)22-12-16-10-18(24)6-8-20(16)26-22/h1-12,25-26H. The molecule has 0 fully saturated rings. The third-order valence-electron chi connectivity index (χ3n) is 4.67. The zero-order chi connectivity index (χ0) is 17.7. The van der Waals surface area contributed by atoms with Crippen LogP contribution in [-0.2, 0) is 0 Å². The van der Waals surface area contributed by atoms with Gasteiger partial charge < -0.3 is 9.97 Å². The van der Waals surface area contributed by atoms with Gasteiger partial charge in [0.2, 0.25) is 0 Å². The van der Waals surface area contributed by atoms with E-state index in [1.165, 1.54) is 0 Å². The number of halogens is 2. The molecule has 0 atom stereocenters. The lowest BCUT2D eigenvalue weighted by Crippen LogP contribution is -1.80. The van der Waals surface area contributed by atoms with Crippen LogP contribution in [-0.4, -0.2) is 9.97 Å². The van der Waals surface area contributed by atoms with Gasteiger partial charge in [0.15, 0.2) is 0 Å². The van der Waals surface area contributed by atoms with Crippen LogP contribution in [0.5, 0.6) is 0 Å². The summed E-state index contributed by atoms with van der Waals surface area (Å²) in [6.45, 7) is 0. The third kappa shape index (κ3) is 2.68. The van der Waals surface area contributed by atoms with Gasteiger partial charge in [-0.1, -0.05) is 47.5 Å². The fourth-order valence-corrected chi connectivity index (χ4v) is 3.71. The quantitative estimate of drug-likeness (QED) is 0.324. The summed E-state index contributed by atoms with van der Waals surface area (Å²) in [6, 6.07) is 24.5. The fourth-order valence-electron chi connectivity index (χ4n) is 3.35. The molecule has 5 aromatic rings. The Bertz CT molecular complexity index is 1150. The number of nitrogens with one attached hydrogen (secondary N) is 2. The van der Waals surface area contributed by atoms with E-state index >= 15 is 0 Å². The molecule has 5 rings (SSSR count). The van der Waals surface area contributed by atoms with Crippen LogP contribution >= 0.6 is 23.2 Å². The molecule has 0 bridgehead atoms. The van der Waals surface area contributed by atoms with Gasteiger partial charge >= 0.3 is 0 Å². The second-order valence-electron chi connectivity index (χ2n) is 6.41. The predicted molar refractivity (Wildman–Crippen MR) is 111 cm³/mol.